The zero-order chi connectivity index (χ0) is 16.4. The Kier molecular flexibility index (Phi) is 14.8. The largest absolute Gasteiger partial charge is 2.00 e. The van der Waals surface area contributed by atoms with Gasteiger partial charge in [-0.05, 0) is 41.5 Å². The van der Waals surface area contributed by atoms with E-state index in [2.05, 4.69) is 13.8 Å². The van der Waals surface area contributed by atoms with Crippen molar-refractivity contribution in [3.63, 3.8) is 0 Å². The van der Waals surface area contributed by atoms with E-state index in [1.165, 1.54) is 0 Å². The van der Waals surface area contributed by atoms with Crippen LogP contribution in [0.5, 0.6) is 0 Å². The number of hydrogen-bond donors (Lipinski definition) is 0. The molecule has 0 aliphatic heterocycles. The van der Waals surface area contributed by atoms with Crippen molar-refractivity contribution in [2.24, 2.45) is 0 Å². The molecule has 0 saturated heterocycles. The van der Waals surface area contributed by atoms with Gasteiger partial charge in [0.2, 0.25) is 0 Å². The molecule has 5 heteroatoms. The average molecular weight is 352 g/mol. The zero-order valence-electron chi connectivity index (χ0n) is 14.6. The molecule has 120 valence electrons. The van der Waals surface area contributed by atoms with Crippen LogP contribution in [0.1, 0.15) is 67.2 Å². The van der Waals surface area contributed by atoms with Gasteiger partial charge in [-0.25, -0.2) is 0 Å². The van der Waals surface area contributed by atoms with E-state index in [9.17, 15) is 9.59 Å². The molecule has 0 saturated carbocycles. The third kappa shape index (κ3) is 24.9. The van der Waals surface area contributed by atoms with Gasteiger partial charge in [-0.3, -0.25) is 9.59 Å². The number of carbonyl (C=O) groups excluding carboxylic acids is 2. The van der Waals surface area contributed by atoms with Crippen molar-refractivity contribution in [2.45, 2.75) is 78.4 Å². The molecule has 0 spiro atoms. The van der Waals surface area contributed by atoms with E-state index in [-0.39, 0.29) is 42.6 Å². The number of hydrogen-bond acceptors (Lipinski definition) is 4. The molecule has 0 amide bonds. The van der Waals surface area contributed by atoms with E-state index in [0.717, 1.165) is 0 Å². The standard InChI is InChI=1S/2C8H15O2.Zn/c2*1-5-6-7(9)10-8(2,3)4;/h2*1,5-6H2,2-4H3;/q2*-1;+2. The number of esters is 2. The fourth-order valence-electron chi connectivity index (χ4n) is 1.07. The van der Waals surface area contributed by atoms with E-state index >= 15 is 0 Å². The maximum atomic E-state index is 10.8. The number of ether oxygens (including phenoxy) is 2. The normalized spacial score (nSPS) is 10.7. The van der Waals surface area contributed by atoms with Gasteiger partial charge in [-0.2, -0.15) is 12.8 Å². The molecule has 0 aromatic rings. The second-order valence-corrected chi connectivity index (χ2v) is 6.38. The molecule has 0 aromatic carbocycles. The average Bonchev–Trinajstić information content (AvgIpc) is 2.12. The van der Waals surface area contributed by atoms with Crippen molar-refractivity contribution in [1.82, 2.24) is 0 Å². The fourth-order valence-corrected chi connectivity index (χ4v) is 1.07. The molecule has 0 aromatic heterocycles. The topological polar surface area (TPSA) is 52.6 Å². The Morgan fingerprint density at radius 2 is 1.00 bits per heavy atom. The minimum atomic E-state index is -0.355. The van der Waals surface area contributed by atoms with Crippen LogP contribution in [-0.4, -0.2) is 23.1 Å². The van der Waals surface area contributed by atoms with Crippen molar-refractivity contribution in [1.29, 1.82) is 0 Å². The second-order valence-electron chi connectivity index (χ2n) is 6.38. The van der Waals surface area contributed by atoms with E-state index in [1.807, 2.05) is 41.5 Å². The summed E-state index contributed by atoms with van der Waals surface area (Å²) in [7, 11) is 0. The van der Waals surface area contributed by atoms with Crippen molar-refractivity contribution in [3.05, 3.63) is 13.8 Å². The predicted octanol–water partition coefficient (Wildman–Crippen LogP) is 3.88. The maximum absolute atomic E-state index is 10.8. The zero-order valence-corrected chi connectivity index (χ0v) is 17.5. The molecular weight excluding hydrogens is 322 g/mol. The first-order valence-corrected chi connectivity index (χ1v) is 6.93. The van der Waals surface area contributed by atoms with E-state index in [0.29, 0.717) is 25.7 Å². The van der Waals surface area contributed by atoms with Gasteiger partial charge in [0.25, 0.3) is 0 Å². The van der Waals surface area contributed by atoms with Crippen LogP contribution in [0.3, 0.4) is 0 Å². The van der Waals surface area contributed by atoms with E-state index in [4.69, 9.17) is 9.47 Å². The van der Waals surface area contributed by atoms with Gasteiger partial charge in [-0.15, -0.1) is 0 Å². The molecule has 4 nitrogen and oxygen atoms in total. The van der Waals surface area contributed by atoms with Crippen LogP contribution in [-0.2, 0) is 38.5 Å². The summed E-state index contributed by atoms with van der Waals surface area (Å²) in [6.45, 7) is 18.2. The molecule has 0 unspecified atom stereocenters. The van der Waals surface area contributed by atoms with Crippen molar-refractivity contribution in [2.75, 3.05) is 0 Å². The van der Waals surface area contributed by atoms with Crippen LogP contribution >= 0.6 is 0 Å². The summed E-state index contributed by atoms with van der Waals surface area (Å²) < 4.78 is 10.00. The van der Waals surface area contributed by atoms with Gasteiger partial charge < -0.3 is 23.3 Å². The predicted molar refractivity (Wildman–Crippen MR) is 80.9 cm³/mol. The van der Waals surface area contributed by atoms with Crippen LogP contribution in [0.4, 0.5) is 0 Å². The molecule has 0 aliphatic carbocycles. The Bertz CT molecular complexity index is 258. The Morgan fingerprint density at radius 1 is 0.762 bits per heavy atom. The minimum absolute atomic E-state index is 0. The molecule has 0 radical (unpaired) electrons. The van der Waals surface area contributed by atoms with Gasteiger partial charge in [0.15, 0.2) is 0 Å². The summed E-state index contributed by atoms with van der Waals surface area (Å²) in [6.07, 6.45) is 2.04. The molecule has 0 bridgehead atoms. The van der Waals surface area contributed by atoms with Crippen molar-refractivity contribution < 1.29 is 38.5 Å². The third-order valence-electron chi connectivity index (χ3n) is 1.60. The first kappa shape index (κ1) is 25.5. The molecule has 0 atom stereocenters. The first-order valence-electron chi connectivity index (χ1n) is 6.93. The minimum Gasteiger partial charge on any atom is -0.460 e. The van der Waals surface area contributed by atoms with Crippen LogP contribution in [0.15, 0.2) is 0 Å². The van der Waals surface area contributed by atoms with Gasteiger partial charge in [-0.1, -0.05) is 0 Å². The van der Waals surface area contributed by atoms with Crippen LogP contribution in [0, 0.1) is 13.8 Å². The summed E-state index contributed by atoms with van der Waals surface area (Å²) >= 11 is 0. The van der Waals surface area contributed by atoms with Gasteiger partial charge >= 0.3 is 31.4 Å². The fraction of sp³-hybridized carbons (Fsp3) is 0.750. The molecule has 0 fully saturated rings. The van der Waals surface area contributed by atoms with Crippen molar-refractivity contribution >= 4 is 11.9 Å². The first-order chi connectivity index (χ1) is 8.91. The van der Waals surface area contributed by atoms with E-state index in [1.54, 1.807) is 0 Å². The summed E-state index contributed by atoms with van der Waals surface area (Å²) in [5.41, 5.74) is -0.710. The van der Waals surface area contributed by atoms with Gasteiger partial charge in [0.05, 0.1) is 0 Å². The molecule has 0 N–H and O–H groups in total. The van der Waals surface area contributed by atoms with Crippen LogP contribution in [0.25, 0.3) is 0 Å². The SMILES string of the molecule is [CH2-]CCC(=O)OC(C)(C)C.[CH2-]CCC(=O)OC(C)(C)C.[Zn+2]. The quantitative estimate of drug-likeness (QED) is 0.438. The van der Waals surface area contributed by atoms with Gasteiger partial charge in [0.1, 0.15) is 11.2 Å². The number of carbonyl (C=O) groups is 2. The molecular formula is C16H30O4Zn. The maximum Gasteiger partial charge on any atom is 2.00 e. The van der Waals surface area contributed by atoms with Crippen LogP contribution < -0.4 is 0 Å². The Labute approximate surface area is 143 Å². The summed E-state index contributed by atoms with van der Waals surface area (Å²) in [5, 5.41) is 0. The molecule has 0 aliphatic rings. The smallest absolute Gasteiger partial charge is 0.460 e. The molecule has 21 heavy (non-hydrogen) atoms. The van der Waals surface area contributed by atoms with Gasteiger partial charge in [0, 0.05) is 12.8 Å². The molecule has 0 rings (SSSR count). The number of rotatable bonds is 4. The van der Waals surface area contributed by atoms with Crippen LogP contribution in [0.2, 0.25) is 0 Å². The summed E-state index contributed by atoms with van der Waals surface area (Å²) in [4.78, 5) is 21.6. The molecule has 0 heterocycles. The van der Waals surface area contributed by atoms with E-state index < -0.39 is 0 Å². The summed E-state index contributed by atoms with van der Waals surface area (Å²) in [5.74, 6) is -0.329. The monoisotopic (exact) mass is 350 g/mol. The Hall–Kier alpha value is -0.437. The van der Waals surface area contributed by atoms with Crippen molar-refractivity contribution in [3.8, 4) is 0 Å². The Balaban J connectivity index is -0.000000295. The third-order valence-corrected chi connectivity index (χ3v) is 1.60. The second kappa shape index (κ2) is 12.1. The Morgan fingerprint density at radius 3 is 1.14 bits per heavy atom. The summed E-state index contributed by atoms with van der Waals surface area (Å²) in [6, 6.07) is 0.